The molecule has 2 N–H and O–H groups in total. The van der Waals surface area contributed by atoms with Gasteiger partial charge in [0.15, 0.2) is 0 Å². The Labute approximate surface area is 119 Å². The van der Waals surface area contributed by atoms with Crippen molar-refractivity contribution in [3.05, 3.63) is 64.3 Å². The van der Waals surface area contributed by atoms with E-state index >= 15 is 0 Å². The molecule has 21 heavy (non-hydrogen) atoms. The maximum Gasteiger partial charge on any atom is 0.347 e. The predicted octanol–water partition coefficient (Wildman–Crippen LogP) is 2.77. The number of phenols is 2. The van der Waals surface area contributed by atoms with Crippen molar-refractivity contribution >= 4 is 23.1 Å². The lowest BCUT2D eigenvalue weighted by molar-refractivity contribution is 0.472. The molecule has 5 heteroatoms. The molecule has 5 nitrogen and oxygen atoms in total. The smallest absolute Gasteiger partial charge is 0.347 e. The molecule has 0 unspecified atom stereocenters. The van der Waals surface area contributed by atoms with E-state index in [0.29, 0.717) is 5.52 Å². The number of rotatable bonds is 2. The Hall–Kier alpha value is -3.08. The van der Waals surface area contributed by atoms with E-state index in [9.17, 15) is 15.0 Å². The zero-order valence-electron chi connectivity index (χ0n) is 10.9. The fourth-order valence-electron chi connectivity index (χ4n) is 1.90. The number of phenolic OH excluding ortho intramolecular Hbond substituents is 2. The van der Waals surface area contributed by atoms with Crippen LogP contribution in [0.15, 0.2) is 51.7 Å². The van der Waals surface area contributed by atoms with Crippen LogP contribution in [0.1, 0.15) is 11.5 Å². The summed E-state index contributed by atoms with van der Waals surface area (Å²) < 4.78 is 5.08. The minimum absolute atomic E-state index is 0.0102. The van der Waals surface area contributed by atoms with Crippen molar-refractivity contribution in [2.75, 3.05) is 0 Å². The van der Waals surface area contributed by atoms with Gasteiger partial charge in [-0.1, -0.05) is 12.1 Å². The molecule has 0 saturated heterocycles. The molecule has 0 bridgehead atoms. The van der Waals surface area contributed by atoms with Crippen LogP contribution in [0.3, 0.4) is 0 Å². The summed E-state index contributed by atoms with van der Waals surface area (Å²) in [5.74, 6) is 0.345. The molecule has 0 atom stereocenters. The number of nitrogens with zero attached hydrogens (tertiary/aromatic N) is 1. The number of hydrogen-bond donors (Lipinski definition) is 2. The lowest BCUT2D eigenvalue weighted by atomic mass is 10.2. The Morgan fingerprint density at radius 3 is 2.43 bits per heavy atom. The van der Waals surface area contributed by atoms with Gasteiger partial charge in [0, 0.05) is 6.08 Å². The fraction of sp³-hybridized carbons (Fsp3) is 0. The summed E-state index contributed by atoms with van der Waals surface area (Å²) in [6.45, 7) is 0. The third kappa shape index (κ3) is 2.76. The van der Waals surface area contributed by atoms with E-state index in [0.717, 1.165) is 5.56 Å². The molecule has 0 radical (unpaired) electrons. The lowest BCUT2D eigenvalue weighted by Gasteiger charge is -1.98. The summed E-state index contributed by atoms with van der Waals surface area (Å²) in [7, 11) is 0. The summed E-state index contributed by atoms with van der Waals surface area (Å²) in [4.78, 5) is 16.0. The molecule has 2 aromatic carbocycles. The van der Waals surface area contributed by atoms with Crippen molar-refractivity contribution in [3.63, 3.8) is 0 Å². The Balaban J connectivity index is 1.99. The average molecular weight is 281 g/mol. The van der Waals surface area contributed by atoms with Crippen molar-refractivity contribution in [3.8, 4) is 11.5 Å². The summed E-state index contributed by atoms with van der Waals surface area (Å²) in [5, 5.41) is 18.8. The van der Waals surface area contributed by atoms with Crippen LogP contribution >= 0.6 is 0 Å². The second-order valence-corrected chi connectivity index (χ2v) is 4.47. The van der Waals surface area contributed by atoms with Crippen molar-refractivity contribution < 1.29 is 14.6 Å². The molecule has 3 rings (SSSR count). The highest BCUT2D eigenvalue weighted by atomic mass is 16.4. The van der Waals surface area contributed by atoms with E-state index in [4.69, 9.17) is 4.42 Å². The SMILES string of the molecule is O=c1oc(/C=C/c2ccc(O)cc2)nc2ccc(O)cc12. The maximum absolute atomic E-state index is 11.8. The molecule has 0 spiro atoms. The zero-order valence-corrected chi connectivity index (χ0v) is 10.9. The van der Waals surface area contributed by atoms with Gasteiger partial charge in [-0.25, -0.2) is 9.78 Å². The van der Waals surface area contributed by atoms with E-state index in [1.807, 2.05) is 0 Å². The molecular weight excluding hydrogens is 270 g/mol. The number of benzene rings is 2. The van der Waals surface area contributed by atoms with Gasteiger partial charge in [0.2, 0.25) is 5.89 Å². The van der Waals surface area contributed by atoms with Crippen molar-refractivity contribution in [1.82, 2.24) is 4.98 Å². The quantitative estimate of drug-likeness (QED) is 0.754. The maximum atomic E-state index is 11.8. The van der Waals surface area contributed by atoms with Crippen molar-refractivity contribution in [2.24, 2.45) is 0 Å². The van der Waals surface area contributed by atoms with Crippen LogP contribution in [0, 0.1) is 0 Å². The molecular formula is C16H11NO4. The van der Waals surface area contributed by atoms with Crippen LogP contribution in [0.2, 0.25) is 0 Å². The highest BCUT2D eigenvalue weighted by Crippen LogP contribution is 2.17. The fourth-order valence-corrected chi connectivity index (χ4v) is 1.90. The first-order chi connectivity index (χ1) is 10.1. The third-order valence-electron chi connectivity index (χ3n) is 2.94. The number of fused-ring (bicyclic) bond motifs is 1. The first kappa shape index (κ1) is 12.9. The summed E-state index contributed by atoms with van der Waals surface area (Å²) in [6.07, 6.45) is 3.29. The monoisotopic (exact) mass is 281 g/mol. The van der Waals surface area contributed by atoms with Gasteiger partial charge in [0.05, 0.1) is 10.9 Å². The van der Waals surface area contributed by atoms with Gasteiger partial charge in [-0.2, -0.15) is 0 Å². The van der Waals surface area contributed by atoms with Gasteiger partial charge < -0.3 is 14.6 Å². The second kappa shape index (κ2) is 5.13. The Morgan fingerprint density at radius 1 is 0.952 bits per heavy atom. The Kier molecular flexibility index (Phi) is 3.16. The standard InChI is InChI=1S/C16H11NO4/c18-11-4-1-10(2-5-11)3-8-15-17-14-7-6-12(19)9-13(14)16(20)21-15/h1-9,18-19H/b8-3+. The van der Waals surface area contributed by atoms with Gasteiger partial charge in [-0.3, -0.25) is 0 Å². The first-order valence-electron chi connectivity index (χ1n) is 6.23. The molecule has 0 aliphatic heterocycles. The highest BCUT2D eigenvalue weighted by Gasteiger charge is 2.05. The van der Waals surface area contributed by atoms with E-state index in [1.54, 1.807) is 42.5 Å². The van der Waals surface area contributed by atoms with Crippen LogP contribution in [0.4, 0.5) is 0 Å². The molecule has 104 valence electrons. The van der Waals surface area contributed by atoms with Crippen LogP contribution in [0.5, 0.6) is 11.5 Å². The zero-order chi connectivity index (χ0) is 14.8. The number of aromatic nitrogens is 1. The molecule has 1 aromatic heterocycles. The van der Waals surface area contributed by atoms with E-state index < -0.39 is 5.63 Å². The minimum atomic E-state index is -0.554. The topological polar surface area (TPSA) is 83.6 Å². The van der Waals surface area contributed by atoms with Crippen LogP contribution in [-0.2, 0) is 0 Å². The summed E-state index contributed by atoms with van der Waals surface area (Å²) >= 11 is 0. The third-order valence-corrected chi connectivity index (χ3v) is 2.94. The summed E-state index contributed by atoms with van der Waals surface area (Å²) in [6, 6.07) is 10.9. The van der Waals surface area contributed by atoms with Crippen LogP contribution in [-0.4, -0.2) is 15.2 Å². The first-order valence-corrected chi connectivity index (χ1v) is 6.23. The molecule has 3 aromatic rings. The van der Waals surface area contributed by atoms with E-state index in [1.165, 1.54) is 12.1 Å². The van der Waals surface area contributed by atoms with Gasteiger partial charge in [0.1, 0.15) is 11.5 Å². The summed E-state index contributed by atoms with van der Waals surface area (Å²) in [5.41, 5.74) is 0.735. The minimum Gasteiger partial charge on any atom is -0.508 e. The van der Waals surface area contributed by atoms with Gasteiger partial charge in [0.25, 0.3) is 0 Å². The second-order valence-electron chi connectivity index (χ2n) is 4.47. The number of hydrogen-bond acceptors (Lipinski definition) is 5. The van der Waals surface area contributed by atoms with Crippen molar-refractivity contribution in [1.29, 1.82) is 0 Å². The van der Waals surface area contributed by atoms with Gasteiger partial charge >= 0.3 is 5.63 Å². The number of aromatic hydroxyl groups is 2. The van der Waals surface area contributed by atoms with Crippen LogP contribution in [0.25, 0.3) is 23.1 Å². The normalized spacial score (nSPS) is 11.2. The van der Waals surface area contributed by atoms with E-state index in [2.05, 4.69) is 4.98 Å². The van der Waals surface area contributed by atoms with Gasteiger partial charge in [-0.05, 0) is 42.0 Å². The molecule has 0 aliphatic carbocycles. The highest BCUT2D eigenvalue weighted by molar-refractivity contribution is 5.79. The molecule has 0 fully saturated rings. The predicted molar refractivity (Wildman–Crippen MR) is 79.0 cm³/mol. The lowest BCUT2D eigenvalue weighted by Crippen LogP contribution is -2.02. The molecule has 0 amide bonds. The van der Waals surface area contributed by atoms with E-state index in [-0.39, 0.29) is 22.8 Å². The molecule has 0 aliphatic rings. The Bertz CT molecular complexity index is 879. The molecule has 0 saturated carbocycles. The Morgan fingerprint density at radius 2 is 1.67 bits per heavy atom. The largest absolute Gasteiger partial charge is 0.508 e. The molecule has 1 heterocycles. The van der Waals surface area contributed by atoms with Gasteiger partial charge in [-0.15, -0.1) is 0 Å². The van der Waals surface area contributed by atoms with Crippen molar-refractivity contribution in [2.45, 2.75) is 0 Å². The average Bonchev–Trinajstić information content (AvgIpc) is 2.47. The van der Waals surface area contributed by atoms with Crippen LogP contribution < -0.4 is 5.63 Å².